The number of sulfonamides is 1. The van der Waals surface area contributed by atoms with Crippen molar-refractivity contribution in [2.75, 3.05) is 25.4 Å². The van der Waals surface area contributed by atoms with Gasteiger partial charge in [-0.25, -0.2) is 8.42 Å². The van der Waals surface area contributed by atoms with E-state index in [1.165, 1.54) is 6.42 Å². The van der Waals surface area contributed by atoms with Crippen molar-refractivity contribution in [3.05, 3.63) is 0 Å². The molecule has 0 unspecified atom stereocenters. The molecule has 17 heavy (non-hydrogen) atoms. The first kappa shape index (κ1) is 15.2. The highest BCUT2D eigenvalue weighted by Crippen LogP contribution is 2.27. The van der Waals surface area contributed by atoms with Gasteiger partial charge in [-0.15, -0.1) is 12.4 Å². The molecule has 2 bridgehead atoms. The lowest BCUT2D eigenvalue weighted by atomic mass is 9.97. The lowest BCUT2D eigenvalue weighted by Crippen LogP contribution is -2.47. The van der Waals surface area contributed by atoms with Crippen LogP contribution < -0.4 is 5.32 Å². The monoisotopic (exact) mass is 282 g/mol. The van der Waals surface area contributed by atoms with Gasteiger partial charge in [0.1, 0.15) is 0 Å². The van der Waals surface area contributed by atoms with E-state index >= 15 is 0 Å². The fraction of sp³-hybridized carbons (Fsp3) is 1.00. The van der Waals surface area contributed by atoms with Crippen LogP contribution in [0.3, 0.4) is 0 Å². The molecule has 0 saturated carbocycles. The van der Waals surface area contributed by atoms with E-state index in [0.717, 1.165) is 38.9 Å². The van der Waals surface area contributed by atoms with Crippen molar-refractivity contribution < 1.29 is 8.42 Å². The first-order chi connectivity index (χ1) is 7.63. The highest BCUT2D eigenvalue weighted by molar-refractivity contribution is 7.89. The molecule has 1 N–H and O–H groups in total. The Morgan fingerprint density at radius 2 is 2.06 bits per heavy atom. The van der Waals surface area contributed by atoms with Crippen molar-refractivity contribution in [2.24, 2.45) is 5.92 Å². The summed E-state index contributed by atoms with van der Waals surface area (Å²) >= 11 is 0. The molecule has 3 heterocycles. The number of hydrogen-bond donors (Lipinski definition) is 1. The van der Waals surface area contributed by atoms with Crippen LogP contribution in [-0.2, 0) is 10.0 Å². The van der Waals surface area contributed by atoms with Crippen molar-refractivity contribution in [1.82, 2.24) is 9.62 Å². The van der Waals surface area contributed by atoms with Gasteiger partial charge in [-0.1, -0.05) is 13.3 Å². The Hall–Kier alpha value is 0.160. The third-order valence-electron chi connectivity index (χ3n) is 3.68. The van der Waals surface area contributed by atoms with E-state index < -0.39 is 10.0 Å². The zero-order chi connectivity index (χ0) is 11.6. The minimum Gasteiger partial charge on any atom is -0.315 e. The number of nitrogens with one attached hydrogen (secondary N) is 1. The van der Waals surface area contributed by atoms with Crippen LogP contribution in [0.5, 0.6) is 0 Å². The smallest absolute Gasteiger partial charge is 0.214 e. The Morgan fingerprint density at radius 3 is 2.76 bits per heavy atom. The van der Waals surface area contributed by atoms with E-state index in [2.05, 4.69) is 5.32 Å². The van der Waals surface area contributed by atoms with Gasteiger partial charge in [0.25, 0.3) is 0 Å². The molecular formula is C11H23ClN2O2S. The second-order valence-corrected chi connectivity index (χ2v) is 7.04. The highest BCUT2D eigenvalue weighted by atomic mass is 35.5. The predicted octanol–water partition coefficient (Wildman–Crippen LogP) is 1.22. The summed E-state index contributed by atoms with van der Waals surface area (Å²) in [5, 5.41) is 3.36. The third-order valence-corrected chi connectivity index (χ3v) is 5.65. The number of halogens is 1. The Bertz CT molecular complexity index is 330. The summed E-state index contributed by atoms with van der Waals surface area (Å²) in [6, 6.07) is 0.209. The lowest BCUT2D eigenvalue weighted by molar-refractivity contribution is 0.230. The Labute approximate surface area is 111 Å². The average Bonchev–Trinajstić information content (AvgIpc) is 2.61. The summed E-state index contributed by atoms with van der Waals surface area (Å²) in [7, 11) is -3.01. The van der Waals surface area contributed by atoms with Crippen LogP contribution >= 0.6 is 12.4 Å². The van der Waals surface area contributed by atoms with Crippen LogP contribution in [0.15, 0.2) is 0 Å². The molecule has 0 aromatic carbocycles. The zero-order valence-electron chi connectivity index (χ0n) is 10.4. The molecule has 3 saturated heterocycles. The molecule has 0 aromatic heterocycles. The van der Waals surface area contributed by atoms with Gasteiger partial charge in [-0.05, 0) is 31.7 Å². The molecule has 3 fully saturated rings. The van der Waals surface area contributed by atoms with Crippen LogP contribution in [0.25, 0.3) is 0 Å². The standard InChI is InChI=1S/C11H22N2O2S.ClH/c1-2-3-6-16(14,15)13-9-10-4-5-11(13)8-12-7-10;/h10-12H,2-9H2,1H3;1H/t10-,11+;/m1./s1. The van der Waals surface area contributed by atoms with Crippen LogP contribution in [0.2, 0.25) is 0 Å². The van der Waals surface area contributed by atoms with E-state index in [1.54, 1.807) is 4.31 Å². The van der Waals surface area contributed by atoms with Gasteiger partial charge >= 0.3 is 0 Å². The van der Waals surface area contributed by atoms with Gasteiger partial charge in [-0.3, -0.25) is 0 Å². The Morgan fingerprint density at radius 1 is 1.29 bits per heavy atom. The van der Waals surface area contributed by atoms with E-state index in [9.17, 15) is 8.42 Å². The van der Waals surface area contributed by atoms with Gasteiger partial charge in [-0.2, -0.15) is 4.31 Å². The first-order valence-corrected chi connectivity index (χ1v) is 7.94. The summed E-state index contributed by atoms with van der Waals surface area (Å²) in [6.45, 7) is 4.59. The molecule has 0 radical (unpaired) electrons. The molecule has 0 amide bonds. The van der Waals surface area contributed by atoms with Crippen molar-refractivity contribution in [3.63, 3.8) is 0 Å². The maximum atomic E-state index is 12.2. The molecule has 3 aliphatic rings. The maximum absolute atomic E-state index is 12.2. The second-order valence-electron chi connectivity index (χ2n) is 4.99. The normalized spacial score (nSPS) is 29.7. The number of unbranched alkanes of at least 4 members (excludes halogenated alkanes) is 1. The summed E-state index contributed by atoms with van der Waals surface area (Å²) < 4.78 is 26.1. The lowest BCUT2D eigenvalue weighted by Gasteiger charge is -2.35. The second kappa shape index (κ2) is 6.36. The van der Waals surface area contributed by atoms with Crippen LogP contribution in [0.1, 0.15) is 32.6 Å². The number of nitrogens with zero attached hydrogens (tertiary/aromatic N) is 1. The minimum absolute atomic E-state index is 0. The number of rotatable bonds is 4. The molecule has 6 heteroatoms. The molecule has 102 valence electrons. The van der Waals surface area contributed by atoms with E-state index in [1.807, 2.05) is 6.92 Å². The van der Waals surface area contributed by atoms with Gasteiger partial charge in [0.15, 0.2) is 0 Å². The number of piperidine rings is 1. The van der Waals surface area contributed by atoms with Crippen LogP contribution in [-0.4, -0.2) is 44.2 Å². The van der Waals surface area contributed by atoms with Gasteiger partial charge in [0.2, 0.25) is 10.0 Å². The molecule has 0 spiro atoms. The molecular weight excluding hydrogens is 260 g/mol. The summed E-state index contributed by atoms with van der Waals surface area (Å²) in [5.41, 5.74) is 0. The van der Waals surface area contributed by atoms with Gasteiger partial charge < -0.3 is 5.32 Å². The van der Waals surface area contributed by atoms with E-state index in [0.29, 0.717) is 11.7 Å². The number of fused-ring (bicyclic) bond motifs is 4. The molecule has 2 atom stereocenters. The molecule has 4 nitrogen and oxygen atoms in total. The summed E-state index contributed by atoms with van der Waals surface area (Å²) in [4.78, 5) is 0. The highest BCUT2D eigenvalue weighted by Gasteiger charge is 2.37. The quantitative estimate of drug-likeness (QED) is 0.844. The van der Waals surface area contributed by atoms with E-state index in [-0.39, 0.29) is 18.4 Å². The van der Waals surface area contributed by atoms with Gasteiger partial charge in [0.05, 0.1) is 5.75 Å². The molecule has 3 aliphatic heterocycles. The molecule has 0 aliphatic carbocycles. The number of hydrogen-bond acceptors (Lipinski definition) is 3. The Balaban J connectivity index is 0.00000144. The fourth-order valence-electron chi connectivity index (χ4n) is 2.68. The van der Waals surface area contributed by atoms with Crippen molar-refractivity contribution in [2.45, 2.75) is 38.6 Å². The van der Waals surface area contributed by atoms with Crippen LogP contribution in [0, 0.1) is 5.92 Å². The first-order valence-electron chi connectivity index (χ1n) is 6.33. The topological polar surface area (TPSA) is 49.4 Å². The average molecular weight is 283 g/mol. The van der Waals surface area contributed by atoms with Crippen molar-refractivity contribution in [1.29, 1.82) is 0 Å². The SMILES string of the molecule is CCCCS(=O)(=O)N1C[C@@H]2CC[C@H]1CNC2.Cl. The predicted molar refractivity (Wildman–Crippen MR) is 72.0 cm³/mol. The summed E-state index contributed by atoms with van der Waals surface area (Å²) in [6.07, 6.45) is 3.93. The van der Waals surface area contributed by atoms with Gasteiger partial charge in [0, 0.05) is 19.1 Å². The third kappa shape index (κ3) is 3.56. The van der Waals surface area contributed by atoms with Crippen LogP contribution in [0.4, 0.5) is 0 Å². The van der Waals surface area contributed by atoms with Crippen molar-refractivity contribution >= 4 is 22.4 Å². The fourth-order valence-corrected chi connectivity index (χ4v) is 4.64. The summed E-state index contributed by atoms with van der Waals surface area (Å²) in [5.74, 6) is 0.849. The van der Waals surface area contributed by atoms with E-state index in [4.69, 9.17) is 0 Å². The Kier molecular flexibility index (Phi) is 5.70. The van der Waals surface area contributed by atoms with Crippen molar-refractivity contribution in [3.8, 4) is 0 Å². The minimum atomic E-state index is -3.01. The maximum Gasteiger partial charge on any atom is 0.214 e. The molecule has 0 aromatic rings. The largest absolute Gasteiger partial charge is 0.315 e. The molecule has 3 rings (SSSR count). The zero-order valence-corrected chi connectivity index (χ0v) is 12.0.